The van der Waals surface area contributed by atoms with Crippen LogP contribution in [0.15, 0.2) is 48.5 Å². The van der Waals surface area contributed by atoms with Crippen LogP contribution in [0.1, 0.15) is 166 Å². The number of aryl methyl sites for hydroxylation is 2. The van der Waals surface area contributed by atoms with E-state index < -0.39 is 49.1 Å². The number of halogens is 6. The van der Waals surface area contributed by atoms with Gasteiger partial charge in [0.1, 0.15) is 24.7 Å². The molecule has 3 rings (SSSR count). The second-order valence-corrected chi connectivity index (χ2v) is 23.7. The fourth-order valence-corrected chi connectivity index (χ4v) is 11.2. The van der Waals surface area contributed by atoms with Crippen LogP contribution in [0.25, 0.3) is 0 Å². The van der Waals surface area contributed by atoms with Gasteiger partial charge in [-0.25, -0.2) is 16.8 Å². The average molecular weight is 1020 g/mol. The van der Waals surface area contributed by atoms with Crippen LogP contribution in [0.4, 0.5) is 26.3 Å². The van der Waals surface area contributed by atoms with Crippen LogP contribution in [0.5, 0.6) is 11.5 Å². The molecule has 1 aliphatic rings. The van der Waals surface area contributed by atoms with Gasteiger partial charge in [0, 0.05) is 18.7 Å². The molecule has 1 aliphatic heterocycles. The molecule has 1 fully saturated rings. The minimum Gasteiger partial charge on any atom is -0.493 e. The molecule has 1 saturated heterocycles. The van der Waals surface area contributed by atoms with Gasteiger partial charge < -0.3 is 9.47 Å². The smallest absolute Gasteiger partial charge is 0.449 e. The molecule has 2 aromatic rings. The van der Waals surface area contributed by atoms with Crippen LogP contribution in [-0.4, -0.2) is 88.4 Å². The predicted octanol–water partition coefficient (Wildman–Crippen LogP) is 13.4. The molecular weight excluding hydrogens is 937 g/mol. The average Bonchev–Trinajstić information content (AvgIpc) is 3.78. The molecule has 0 radical (unpaired) electrons. The molecule has 0 amide bonds. The van der Waals surface area contributed by atoms with Crippen molar-refractivity contribution >= 4 is 37.2 Å². The number of benzene rings is 2. The van der Waals surface area contributed by atoms with E-state index in [1.54, 1.807) is 48.5 Å². The van der Waals surface area contributed by atoms with E-state index in [9.17, 15) is 48.0 Å². The Balaban J connectivity index is 0.000000462. The third-order valence-electron chi connectivity index (χ3n) is 11.8. The number of Topliss-reactive ketones (excluding diaryl/α,β-unsaturated/α-hetero) is 1. The summed E-state index contributed by atoms with van der Waals surface area (Å²) in [5.74, 6) is -0.0426. The first-order valence-corrected chi connectivity index (χ1v) is 29.3. The Bertz CT molecular complexity index is 1820. The lowest BCUT2D eigenvalue weighted by Gasteiger charge is -2.31. The van der Waals surface area contributed by atoms with E-state index in [2.05, 4.69) is 19.2 Å². The summed E-state index contributed by atoms with van der Waals surface area (Å²) >= 11 is 0.928. The number of ether oxygens (including phenoxy) is 2. The maximum atomic E-state index is 13.5. The summed E-state index contributed by atoms with van der Waals surface area (Å²) < 4.78 is 137. The summed E-state index contributed by atoms with van der Waals surface area (Å²) in [7, 11) is -6.32. The van der Waals surface area contributed by atoms with Crippen LogP contribution in [0.2, 0.25) is 0 Å². The van der Waals surface area contributed by atoms with Crippen molar-refractivity contribution < 1.29 is 57.4 Å². The third kappa shape index (κ3) is 28.1. The SMILES string of the molecule is CCCCCCCCCCCCS(=O)(=O)CCOc1ccc(CCC(=O)C(F)(F)F)cc1.CCCCCCCCCCCCS(=O)(=O)CCOc1ccc(CCC2(C(F)(F)F)NCCS2)cc1. The van der Waals surface area contributed by atoms with Gasteiger partial charge in [0.05, 0.1) is 23.0 Å². The van der Waals surface area contributed by atoms with E-state index in [-0.39, 0.29) is 49.1 Å². The first-order valence-electron chi connectivity index (χ1n) is 24.7. The van der Waals surface area contributed by atoms with Crippen molar-refractivity contribution in [1.82, 2.24) is 5.32 Å². The van der Waals surface area contributed by atoms with Gasteiger partial charge >= 0.3 is 12.4 Å². The molecule has 0 bridgehead atoms. The Hall–Kier alpha value is -2.50. The van der Waals surface area contributed by atoms with Crippen LogP contribution >= 0.6 is 11.8 Å². The first-order chi connectivity index (χ1) is 31.8. The van der Waals surface area contributed by atoms with Crippen molar-refractivity contribution in [3.05, 3.63) is 59.7 Å². The Morgan fingerprint density at radius 1 is 0.567 bits per heavy atom. The maximum Gasteiger partial charge on any atom is 0.449 e. The molecule has 67 heavy (non-hydrogen) atoms. The van der Waals surface area contributed by atoms with E-state index in [0.29, 0.717) is 48.6 Å². The van der Waals surface area contributed by atoms with Gasteiger partial charge in [-0.05, 0) is 67.5 Å². The fourth-order valence-electron chi connectivity index (χ4n) is 7.63. The first kappa shape index (κ1) is 60.6. The molecule has 1 heterocycles. The zero-order chi connectivity index (χ0) is 49.5. The molecule has 2 aromatic carbocycles. The summed E-state index contributed by atoms with van der Waals surface area (Å²) in [5, 5.41) is 2.63. The lowest BCUT2D eigenvalue weighted by atomic mass is 10.0. The zero-order valence-electron chi connectivity index (χ0n) is 40.1. The van der Waals surface area contributed by atoms with Gasteiger partial charge in [0.2, 0.25) is 5.78 Å². The number of hydrogen-bond donors (Lipinski definition) is 1. The van der Waals surface area contributed by atoms with Crippen molar-refractivity contribution in [2.24, 2.45) is 0 Å². The standard InChI is InChI=1S/C26H42F3NO3S2.C24H37F3O4S/c1-2-3-4-5-6-7-8-9-10-11-21-35(31,32)22-19-33-24-14-12-23(13-15-24)16-17-25(26(27,28)29)30-18-20-34-25;1-2-3-4-5-6-7-8-9-10-11-19-32(29,30)20-18-31-22-15-12-21(13-16-22)14-17-23(28)24(25,26)27/h12-15,30H,2-11,16-22H2,1H3;12-13,15-16H,2-11,14,17-20H2,1H3. The largest absolute Gasteiger partial charge is 0.493 e. The second kappa shape index (κ2) is 33.2. The quantitative estimate of drug-likeness (QED) is 0.0526. The molecule has 0 aromatic heterocycles. The van der Waals surface area contributed by atoms with Crippen molar-refractivity contribution in [3.63, 3.8) is 0 Å². The number of carbonyl (C=O) groups is 1. The summed E-state index contributed by atoms with van der Waals surface area (Å²) in [5.41, 5.74) is 1.38. The highest BCUT2D eigenvalue weighted by atomic mass is 32.2. The molecular formula is C50H79F6NO7S3. The molecule has 386 valence electrons. The van der Waals surface area contributed by atoms with Gasteiger partial charge in [-0.3, -0.25) is 10.1 Å². The van der Waals surface area contributed by atoms with Crippen LogP contribution in [0, 0.1) is 0 Å². The van der Waals surface area contributed by atoms with E-state index in [1.807, 2.05) is 0 Å². The van der Waals surface area contributed by atoms with Gasteiger partial charge in [-0.15, -0.1) is 11.8 Å². The number of carbonyl (C=O) groups excluding carboxylic acids is 1. The number of hydrogen-bond acceptors (Lipinski definition) is 9. The summed E-state index contributed by atoms with van der Waals surface area (Å²) in [4.78, 5) is 9.05. The fraction of sp³-hybridized carbons (Fsp3) is 0.740. The highest BCUT2D eigenvalue weighted by Gasteiger charge is 2.56. The minimum absolute atomic E-state index is 0.00808. The monoisotopic (exact) mass is 1020 g/mol. The van der Waals surface area contributed by atoms with E-state index in [0.717, 1.165) is 49.4 Å². The molecule has 0 spiro atoms. The number of thioether (sulfide) groups is 1. The van der Waals surface area contributed by atoms with Crippen LogP contribution < -0.4 is 14.8 Å². The maximum absolute atomic E-state index is 13.5. The number of nitrogens with one attached hydrogen (secondary N) is 1. The van der Waals surface area contributed by atoms with E-state index >= 15 is 0 Å². The van der Waals surface area contributed by atoms with Crippen molar-refractivity contribution in [2.75, 3.05) is 48.5 Å². The molecule has 17 heteroatoms. The lowest BCUT2D eigenvalue weighted by molar-refractivity contribution is -0.171. The molecule has 1 atom stereocenters. The number of ketones is 1. The summed E-state index contributed by atoms with van der Waals surface area (Å²) in [6.45, 7) is 4.90. The van der Waals surface area contributed by atoms with Crippen LogP contribution in [-0.2, 0) is 37.3 Å². The Morgan fingerprint density at radius 3 is 1.28 bits per heavy atom. The number of alkyl halides is 6. The molecule has 8 nitrogen and oxygen atoms in total. The number of unbranched alkanes of at least 4 members (excludes halogenated alkanes) is 18. The number of sulfone groups is 2. The van der Waals surface area contributed by atoms with E-state index in [1.165, 1.54) is 83.5 Å². The highest BCUT2D eigenvalue weighted by molar-refractivity contribution is 8.01. The third-order valence-corrected chi connectivity index (χ3v) is 16.7. The van der Waals surface area contributed by atoms with Crippen molar-refractivity contribution in [2.45, 2.75) is 185 Å². The lowest BCUT2D eigenvalue weighted by Crippen LogP contribution is -2.50. The Morgan fingerprint density at radius 2 is 0.940 bits per heavy atom. The van der Waals surface area contributed by atoms with Crippen LogP contribution in [0.3, 0.4) is 0 Å². The molecule has 0 saturated carbocycles. The normalized spacial score (nSPS) is 15.6. The minimum atomic E-state index is -4.80. The molecule has 1 N–H and O–H groups in total. The molecule has 1 unspecified atom stereocenters. The highest BCUT2D eigenvalue weighted by Crippen LogP contribution is 2.45. The summed E-state index contributed by atoms with van der Waals surface area (Å²) in [6.07, 6.45) is 13.7. The van der Waals surface area contributed by atoms with Crippen molar-refractivity contribution in [1.29, 1.82) is 0 Å². The predicted molar refractivity (Wildman–Crippen MR) is 262 cm³/mol. The van der Waals surface area contributed by atoms with Gasteiger partial charge in [0.15, 0.2) is 24.5 Å². The zero-order valence-corrected chi connectivity index (χ0v) is 42.5. The Kier molecular flexibility index (Phi) is 30.0. The van der Waals surface area contributed by atoms with Gasteiger partial charge in [0.25, 0.3) is 0 Å². The number of rotatable bonds is 36. The Labute approximate surface area is 403 Å². The van der Waals surface area contributed by atoms with E-state index in [4.69, 9.17) is 9.47 Å². The van der Waals surface area contributed by atoms with Gasteiger partial charge in [-0.1, -0.05) is 154 Å². The second-order valence-electron chi connectivity index (χ2n) is 17.7. The summed E-state index contributed by atoms with van der Waals surface area (Å²) in [6, 6.07) is 13.2. The van der Waals surface area contributed by atoms with Crippen molar-refractivity contribution in [3.8, 4) is 11.5 Å². The molecule has 0 aliphatic carbocycles. The topological polar surface area (TPSA) is 116 Å². The van der Waals surface area contributed by atoms with Gasteiger partial charge in [-0.2, -0.15) is 26.3 Å².